The van der Waals surface area contributed by atoms with Crippen molar-refractivity contribution in [1.82, 2.24) is 5.32 Å². The number of hydrogen-bond donors (Lipinski definition) is 2. The molecule has 1 aromatic heterocycles. The molecule has 2 aliphatic rings. The van der Waals surface area contributed by atoms with Crippen LogP contribution in [0.25, 0.3) is 0 Å². The molecule has 0 amide bonds. The quantitative estimate of drug-likeness (QED) is 0.855. The summed E-state index contributed by atoms with van der Waals surface area (Å²) in [5.41, 5.74) is 0.157. The van der Waals surface area contributed by atoms with Crippen molar-refractivity contribution < 1.29 is 14.3 Å². The summed E-state index contributed by atoms with van der Waals surface area (Å²) in [4.78, 5) is 0. The molecule has 0 radical (unpaired) electrons. The molecule has 4 unspecified atom stereocenters. The van der Waals surface area contributed by atoms with E-state index in [2.05, 4.69) is 19.2 Å². The molecule has 0 aromatic carbocycles. The Labute approximate surface area is 107 Å². The van der Waals surface area contributed by atoms with E-state index >= 15 is 0 Å². The smallest absolute Gasteiger partial charge is 0.133 e. The molecular formula is C14H21NO3. The monoisotopic (exact) mass is 251 g/mol. The standard InChI is InChI=1S/C14H21NO3/c1-14(2)12(9-5-7-18-13(9)14)15-8-10(16)11-4-3-6-17-11/h3-4,6,9-10,12-13,15-16H,5,7-8H2,1-2H3. The molecule has 100 valence electrons. The molecule has 2 N–H and O–H groups in total. The lowest BCUT2D eigenvalue weighted by Crippen LogP contribution is -2.66. The van der Waals surface area contributed by atoms with Crippen LogP contribution in [0.4, 0.5) is 0 Å². The van der Waals surface area contributed by atoms with E-state index in [0.717, 1.165) is 13.0 Å². The number of nitrogens with one attached hydrogen (secondary N) is 1. The maximum absolute atomic E-state index is 10.0. The van der Waals surface area contributed by atoms with Crippen LogP contribution in [-0.2, 0) is 4.74 Å². The minimum Gasteiger partial charge on any atom is -0.467 e. The lowest BCUT2D eigenvalue weighted by Gasteiger charge is -2.55. The largest absolute Gasteiger partial charge is 0.467 e. The molecule has 1 saturated heterocycles. The van der Waals surface area contributed by atoms with Gasteiger partial charge in [-0.05, 0) is 18.6 Å². The van der Waals surface area contributed by atoms with Crippen molar-refractivity contribution in [3.63, 3.8) is 0 Å². The van der Waals surface area contributed by atoms with Gasteiger partial charge in [0.1, 0.15) is 11.9 Å². The number of rotatable bonds is 4. The number of aliphatic hydroxyl groups is 1. The number of aliphatic hydroxyl groups excluding tert-OH is 1. The van der Waals surface area contributed by atoms with Crippen LogP contribution in [-0.4, -0.2) is 30.4 Å². The van der Waals surface area contributed by atoms with Gasteiger partial charge in [-0.1, -0.05) is 13.8 Å². The van der Waals surface area contributed by atoms with Crippen molar-refractivity contribution >= 4 is 0 Å². The van der Waals surface area contributed by atoms with E-state index in [0.29, 0.717) is 30.4 Å². The van der Waals surface area contributed by atoms with Crippen LogP contribution in [0.3, 0.4) is 0 Å². The number of hydrogen-bond acceptors (Lipinski definition) is 4. The van der Waals surface area contributed by atoms with Crippen molar-refractivity contribution in [3.8, 4) is 0 Å². The average molecular weight is 251 g/mol. The molecule has 2 fully saturated rings. The minimum absolute atomic E-state index is 0.157. The Hall–Kier alpha value is -0.840. The third-order valence-electron chi connectivity index (χ3n) is 4.50. The van der Waals surface area contributed by atoms with E-state index in [4.69, 9.17) is 9.15 Å². The second-order valence-electron chi connectivity index (χ2n) is 5.98. The third-order valence-corrected chi connectivity index (χ3v) is 4.50. The van der Waals surface area contributed by atoms with Gasteiger partial charge in [0.2, 0.25) is 0 Å². The number of ether oxygens (including phenoxy) is 1. The van der Waals surface area contributed by atoms with E-state index in [-0.39, 0.29) is 5.41 Å². The van der Waals surface area contributed by atoms with Crippen LogP contribution in [0.15, 0.2) is 22.8 Å². The number of furan rings is 1. The van der Waals surface area contributed by atoms with Crippen molar-refractivity contribution in [3.05, 3.63) is 24.2 Å². The van der Waals surface area contributed by atoms with E-state index in [1.807, 2.05) is 0 Å². The van der Waals surface area contributed by atoms with Crippen LogP contribution in [0, 0.1) is 11.3 Å². The first-order chi connectivity index (χ1) is 8.60. The van der Waals surface area contributed by atoms with E-state index in [9.17, 15) is 5.11 Å². The highest BCUT2D eigenvalue weighted by atomic mass is 16.5. The topological polar surface area (TPSA) is 54.6 Å². The Morgan fingerprint density at radius 3 is 3.11 bits per heavy atom. The Balaban J connectivity index is 1.57. The Kier molecular flexibility index (Phi) is 2.96. The zero-order valence-corrected chi connectivity index (χ0v) is 10.9. The second-order valence-corrected chi connectivity index (χ2v) is 5.98. The molecule has 18 heavy (non-hydrogen) atoms. The van der Waals surface area contributed by atoms with Crippen LogP contribution in [0.1, 0.15) is 32.1 Å². The lowest BCUT2D eigenvalue weighted by molar-refractivity contribution is -0.114. The first-order valence-corrected chi connectivity index (χ1v) is 6.67. The van der Waals surface area contributed by atoms with Gasteiger partial charge in [0.05, 0.1) is 12.4 Å². The zero-order valence-electron chi connectivity index (χ0n) is 10.9. The van der Waals surface area contributed by atoms with E-state index in [1.165, 1.54) is 0 Å². The summed E-state index contributed by atoms with van der Waals surface area (Å²) in [7, 11) is 0. The van der Waals surface area contributed by atoms with Crippen LogP contribution >= 0.6 is 0 Å². The maximum Gasteiger partial charge on any atom is 0.133 e. The predicted octanol–water partition coefficient (Wildman–Crippen LogP) is 1.72. The summed E-state index contributed by atoms with van der Waals surface area (Å²) < 4.78 is 11.0. The second kappa shape index (κ2) is 4.37. The third kappa shape index (κ3) is 1.79. The SMILES string of the molecule is CC1(C)C(NCC(O)c2ccco2)C2CCOC21. The van der Waals surface area contributed by atoms with Gasteiger partial charge < -0.3 is 19.6 Å². The minimum atomic E-state index is -0.572. The van der Waals surface area contributed by atoms with Gasteiger partial charge in [0.15, 0.2) is 0 Å². The molecule has 1 aliphatic carbocycles. The fourth-order valence-electron chi connectivity index (χ4n) is 3.56. The highest BCUT2D eigenvalue weighted by Crippen LogP contribution is 2.52. The van der Waals surface area contributed by atoms with Crippen molar-refractivity contribution in [1.29, 1.82) is 0 Å². The van der Waals surface area contributed by atoms with Crippen molar-refractivity contribution in [2.45, 2.75) is 38.5 Å². The molecule has 0 bridgehead atoms. The molecule has 1 saturated carbocycles. The molecule has 4 heteroatoms. The molecular weight excluding hydrogens is 230 g/mol. The van der Waals surface area contributed by atoms with Gasteiger partial charge in [-0.25, -0.2) is 0 Å². The molecule has 1 aromatic rings. The Morgan fingerprint density at radius 1 is 1.56 bits per heavy atom. The van der Waals surface area contributed by atoms with Crippen LogP contribution in [0.2, 0.25) is 0 Å². The fourth-order valence-corrected chi connectivity index (χ4v) is 3.56. The fraction of sp³-hybridized carbons (Fsp3) is 0.714. The molecule has 2 heterocycles. The molecule has 3 rings (SSSR count). The summed E-state index contributed by atoms with van der Waals surface area (Å²) in [6.45, 7) is 5.87. The van der Waals surface area contributed by atoms with Gasteiger partial charge >= 0.3 is 0 Å². The molecule has 4 nitrogen and oxygen atoms in total. The molecule has 1 aliphatic heterocycles. The Bertz CT molecular complexity index is 401. The first kappa shape index (κ1) is 12.2. The normalized spacial score (nSPS) is 34.9. The van der Waals surface area contributed by atoms with Gasteiger partial charge in [-0.2, -0.15) is 0 Å². The first-order valence-electron chi connectivity index (χ1n) is 6.67. The highest BCUT2D eigenvalue weighted by Gasteiger charge is 2.58. The summed E-state index contributed by atoms with van der Waals surface area (Å²) in [6, 6.07) is 4.03. The number of fused-ring (bicyclic) bond motifs is 1. The molecule has 0 spiro atoms. The van der Waals surface area contributed by atoms with E-state index in [1.54, 1.807) is 18.4 Å². The van der Waals surface area contributed by atoms with Crippen LogP contribution < -0.4 is 5.32 Å². The summed E-state index contributed by atoms with van der Waals surface area (Å²) in [6.07, 6.45) is 2.53. The zero-order chi connectivity index (χ0) is 12.8. The van der Waals surface area contributed by atoms with Gasteiger partial charge in [0, 0.05) is 30.5 Å². The van der Waals surface area contributed by atoms with Crippen LogP contribution in [0.5, 0.6) is 0 Å². The van der Waals surface area contributed by atoms with Crippen molar-refractivity contribution in [2.24, 2.45) is 11.3 Å². The predicted molar refractivity (Wildman–Crippen MR) is 67.1 cm³/mol. The highest BCUT2D eigenvalue weighted by molar-refractivity contribution is 5.12. The summed E-state index contributed by atoms with van der Waals surface area (Å²) in [5.74, 6) is 1.22. The van der Waals surface area contributed by atoms with Gasteiger partial charge in [-0.15, -0.1) is 0 Å². The lowest BCUT2D eigenvalue weighted by atomic mass is 9.57. The van der Waals surface area contributed by atoms with Crippen molar-refractivity contribution in [2.75, 3.05) is 13.2 Å². The summed E-state index contributed by atoms with van der Waals surface area (Å²) in [5, 5.41) is 13.5. The summed E-state index contributed by atoms with van der Waals surface area (Å²) >= 11 is 0. The van der Waals surface area contributed by atoms with Gasteiger partial charge in [-0.3, -0.25) is 0 Å². The van der Waals surface area contributed by atoms with E-state index < -0.39 is 6.10 Å². The molecule has 4 atom stereocenters. The average Bonchev–Trinajstić information content (AvgIpc) is 2.98. The maximum atomic E-state index is 10.0. The van der Waals surface area contributed by atoms with Gasteiger partial charge in [0.25, 0.3) is 0 Å². The Morgan fingerprint density at radius 2 is 2.39 bits per heavy atom.